The molecule has 7 nitrogen and oxygen atoms in total. The number of aromatic nitrogens is 4. The summed E-state index contributed by atoms with van der Waals surface area (Å²) in [5.74, 6) is 0.633. The number of hydrogen-bond donors (Lipinski definition) is 1. The maximum atomic E-state index is 13.4. The van der Waals surface area contributed by atoms with Gasteiger partial charge < -0.3 is 19.8 Å². The van der Waals surface area contributed by atoms with Crippen LogP contribution in [-0.4, -0.2) is 40.3 Å². The molecule has 8 heteroatoms. The molecule has 0 atom stereocenters. The number of nitrogens with zero attached hydrogens (tertiary/aromatic N) is 4. The van der Waals surface area contributed by atoms with E-state index < -0.39 is 0 Å². The largest absolute Gasteiger partial charge is 0.384 e. The van der Waals surface area contributed by atoms with Crippen molar-refractivity contribution in [2.24, 2.45) is 0 Å². The number of rotatable bonds is 7. The minimum Gasteiger partial charge on any atom is -0.384 e. The van der Waals surface area contributed by atoms with E-state index in [-0.39, 0.29) is 18.5 Å². The van der Waals surface area contributed by atoms with E-state index >= 15 is 0 Å². The summed E-state index contributed by atoms with van der Waals surface area (Å²) >= 11 is 0. The van der Waals surface area contributed by atoms with Crippen molar-refractivity contribution < 1.29 is 13.9 Å². The highest BCUT2D eigenvalue weighted by molar-refractivity contribution is 5.77. The summed E-state index contributed by atoms with van der Waals surface area (Å²) in [6.45, 7) is 0.793. The molecule has 0 aliphatic rings. The molecule has 0 aliphatic heterocycles. The highest BCUT2D eigenvalue weighted by Crippen LogP contribution is 2.32. The van der Waals surface area contributed by atoms with Gasteiger partial charge in [0, 0.05) is 32.4 Å². The number of imidazole rings is 1. The molecular weight excluding hydrogens is 337 g/mol. The summed E-state index contributed by atoms with van der Waals surface area (Å²) in [6.07, 6.45) is 2.18. The van der Waals surface area contributed by atoms with E-state index in [1.807, 2.05) is 4.57 Å². The molecule has 2 heterocycles. The van der Waals surface area contributed by atoms with E-state index in [4.69, 9.17) is 20.2 Å². The highest BCUT2D eigenvalue weighted by Gasteiger charge is 2.21. The first-order valence-corrected chi connectivity index (χ1v) is 8.06. The van der Waals surface area contributed by atoms with E-state index in [0.29, 0.717) is 24.4 Å². The quantitative estimate of drug-likeness (QED) is 0.699. The van der Waals surface area contributed by atoms with Crippen LogP contribution < -0.4 is 5.73 Å². The summed E-state index contributed by atoms with van der Waals surface area (Å²) < 4.78 is 25.8. The number of anilines is 1. The van der Waals surface area contributed by atoms with Crippen LogP contribution in [0.4, 0.5) is 10.3 Å². The van der Waals surface area contributed by atoms with Crippen molar-refractivity contribution in [3.8, 4) is 22.6 Å². The van der Waals surface area contributed by atoms with Gasteiger partial charge in [-0.3, -0.25) is 0 Å². The average Bonchev–Trinajstić information content (AvgIpc) is 2.99. The van der Waals surface area contributed by atoms with Crippen LogP contribution in [0.5, 0.6) is 0 Å². The van der Waals surface area contributed by atoms with Gasteiger partial charge in [0.1, 0.15) is 18.4 Å². The Morgan fingerprint density at radius 1 is 1.08 bits per heavy atom. The van der Waals surface area contributed by atoms with Gasteiger partial charge in [-0.25, -0.2) is 19.3 Å². The van der Waals surface area contributed by atoms with Gasteiger partial charge in [-0.15, -0.1) is 0 Å². The third-order valence-electron chi connectivity index (χ3n) is 3.87. The zero-order valence-electron chi connectivity index (χ0n) is 14.6. The van der Waals surface area contributed by atoms with Crippen LogP contribution >= 0.6 is 0 Å². The van der Waals surface area contributed by atoms with E-state index in [0.717, 1.165) is 17.1 Å². The Morgan fingerprint density at radius 2 is 1.85 bits per heavy atom. The number of nitrogen functional groups attached to an aromatic ring is 1. The molecule has 0 amide bonds. The molecule has 0 fully saturated rings. The second-order valence-corrected chi connectivity index (χ2v) is 5.62. The molecule has 1 aromatic carbocycles. The first kappa shape index (κ1) is 18.0. The molecule has 26 heavy (non-hydrogen) atoms. The van der Waals surface area contributed by atoms with Crippen molar-refractivity contribution in [3.05, 3.63) is 48.2 Å². The molecule has 0 spiro atoms. The van der Waals surface area contributed by atoms with Gasteiger partial charge in [-0.2, -0.15) is 0 Å². The number of nitrogens with two attached hydrogens (primary N) is 1. The topological polar surface area (TPSA) is 88.1 Å². The van der Waals surface area contributed by atoms with Crippen molar-refractivity contribution >= 4 is 5.95 Å². The molecule has 2 aromatic heterocycles. The van der Waals surface area contributed by atoms with Gasteiger partial charge in [-0.05, 0) is 30.3 Å². The molecule has 0 radical (unpaired) electrons. The summed E-state index contributed by atoms with van der Waals surface area (Å²) in [5, 5.41) is 0. The predicted octanol–water partition coefficient (Wildman–Crippen LogP) is 2.52. The number of hydrogen-bond acceptors (Lipinski definition) is 6. The van der Waals surface area contributed by atoms with Crippen LogP contribution in [-0.2, 0) is 22.6 Å². The Hall–Kier alpha value is -2.84. The molecule has 2 N–H and O–H groups in total. The molecule has 0 saturated carbocycles. The van der Waals surface area contributed by atoms with Crippen molar-refractivity contribution in [1.82, 2.24) is 19.5 Å². The molecular formula is C18H20FN5O2. The lowest BCUT2D eigenvalue weighted by Crippen LogP contribution is -2.10. The van der Waals surface area contributed by atoms with E-state index in [1.54, 1.807) is 38.6 Å². The van der Waals surface area contributed by atoms with Crippen molar-refractivity contribution in [2.45, 2.75) is 13.2 Å². The fourth-order valence-electron chi connectivity index (χ4n) is 2.73. The van der Waals surface area contributed by atoms with Crippen LogP contribution in [0.1, 0.15) is 5.82 Å². The monoisotopic (exact) mass is 357 g/mol. The van der Waals surface area contributed by atoms with E-state index in [1.165, 1.54) is 12.1 Å². The van der Waals surface area contributed by atoms with Crippen LogP contribution in [0.15, 0.2) is 36.5 Å². The van der Waals surface area contributed by atoms with Gasteiger partial charge in [-0.1, -0.05) is 0 Å². The summed E-state index contributed by atoms with van der Waals surface area (Å²) in [7, 11) is 3.24. The Morgan fingerprint density at radius 3 is 2.50 bits per heavy atom. The molecule has 0 unspecified atom stereocenters. The zero-order valence-corrected chi connectivity index (χ0v) is 14.6. The Kier molecular flexibility index (Phi) is 5.55. The van der Waals surface area contributed by atoms with Crippen LogP contribution in [0.3, 0.4) is 0 Å². The Balaban J connectivity index is 2.22. The summed E-state index contributed by atoms with van der Waals surface area (Å²) in [4.78, 5) is 13.0. The summed E-state index contributed by atoms with van der Waals surface area (Å²) in [5.41, 5.74) is 8.56. The van der Waals surface area contributed by atoms with Gasteiger partial charge in [0.05, 0.1) is 23.7 Å². The first-order valence-electron chi connectivity index (χ1n) is 8.06. The lowest BCUT2D eigenvalue weighted by Gasteiger charge is -2.11. The third kappa shape index (κ3) is 3.71. The molecule has 136 valence electrons. The fraction of sp³-hybridized carbons (Fsp3) is 0.278. The first-order chi connectivity index (χ1) is 12.6. The molecule has 0 aliphatic carbocycles. The third-order valence-corrected chi connectivity index (χ3v) is 3.87. The summed E-state index contributed by atoms with van der Waals surface area (Å²) in [6, 6.07) is 7.92. The normalized spacial score (nSPS) is 11.0. The maximum Gasteiger partial charge on any atom is 0.220 e. The molecule has 3 aromatic rings. The minimum absolute atomic E-state index is 0.163. The van der Waals surface area contributed by atoms with Gasteiger partial charge in [0.25, 0.3) is 0 Å². The van der Waals surface area contributed by atoms with Crippen LogP contribution in [0.2, 0.25) is 0 Å². The van der Waals surface area contributed by atoms with Gasteiger partial charge in [0.2, 0.25) is 5.95 Å². The average molecular weight is 357 g/mol. The minimum atomic E-state index is -0.308. The number of halogens is 1. The maximum absolute atomic E-state index is 13.4. The number of methoxy groups -OCH3 is 2. The van der Waals surface area contributed by atoms with E-state index in [2.05, 4.69) is 9.97 Å². The number of ether oxygens (including phenoxy) is 2. The highest BCUT2D eigenvalue weighted by atomic mass is 19.1. The van der Waals surface area contributed by atoms with Crippen molar-refractivity contribution in [3.63, 3.8) is 0 Å². The molecule has 0 saturated heterocycles. The van der Waals surface area contributed by atoms with E-state index in [9.17, 15) is 4.39 Å². The molecule has 0 bridgehead atoms. The number of benzene rings is 1. The Bertz CT molecular complexity index is 880. The van der Waals surface area contributed by atoms with Crippen LogP contribution in [0, 0.1) is 5.82 Å². The van der Waals surface area contributed by atoms with Gasteiger partial charge >= 0.3 is 0 Å². The van der Waals surface area contributed by atoms with Crippen molar-refractivity contribution in [1.29, 1.82) is 0 Å². The second kappa shape index (κ2) is 8.03. The lowest BCUT2D eigenvalue weighted by atomic mass is 10.1. The zero-order chi connectivity index (χ0) is 18.5. The molecule has 3 rings (SSSR count). The standard InChI is InChI=1S/C18H20FN5O2/c1-25-10-8-15-23-16(12-3-5-13(19)6-4-12)17(24(15)11-26-2)14-7-9-21-18(20)22-14/h3-7,9H,8,10-11H2,1-2H3,(H2,20,21,22). The smallest absolute Gasteiger partial charge is 0.220 e. The SMILES string of the molecule is COCCc1nc(-c2ccc(F)cc2)c(-c2ccnc(N)n2)n1COC. The van der Waals surface area contributed by atoms with Crippen molar-refractivity contribution in [2.75, 3.05) is 26.6 Å². The lowest BCUT2D eigenvalue weighted by molar-refractivity contribution is 0.127. The van der Waals surface area contributed by atoms with Gasteiger partial charge in [0.15, 0.2) is 0 Å². The Labute approximate surface area is 150 Å². The predicted molar refractivity (Wildman–Crippen MR) is 95.6 cm³/mol. The fourth-order valence-corrected chi connectivity index (χ4v) is 2.73. The second-order valence-electron chi connectivity index (χ2n) is 5.62. The van der Waals surface area contributed by atoms with Crippen LogP contribution in [0.25, 0.3) is 22.6 Å².